The van der Waals surface area contributed by atoms with Gasteiger partial charge in [0.05, 0.1) is 11.4 Å². The van der Waals surface area contributed by atoms with Crippen LogP contribution in [-0.2, 0) is 6.42 Å². The van der Waals surface area contributed by atoms with Crippen molar-refractivity contribution in [1.29, 1.82) is 0 Å². The average molecular weight is 276 g/mol. The maximum absolute atomic E-state index is 12.5. The maximum atomic E-state index is 12.5. The zero-order valence-corrected chi connectivity index (χ0v) is 12.4. The standard InChI is InChI=1S/C15H24N4O/c1-3-12-13(16)14(18-17-12)15(20)19(2)8-11-7-9-4-5-10(11)6-9/h9-11H,3-8,16H2,1-2H3,(H,17,18). The molecule has 5 nitrogen and oxygen atoms in total. The molecule has 3 unspecified atom stereocenters. The number of carbonyl (C=O) groups excluding carboxylic acids is 1. The first kappa shape index (κ1) is 13.5. The van der Waals surface area contributed by atoms with E-state index in [0.29, 0.717) is 17.3 Å². The topological polar surface area (TPSA) is 75.0 Å². The maximum Gasteiger partial charge on any atom is 0.276 e. The first-order valence-electron chi connectivity index (χ1n) is 7.68. The van der Waals surface area contributed by atoms with Gasteiger partial charge in [-0.3, -0.25) is 9.89 Å². The van der Waals surface area contributed by atoms with E-state index in [4.69, 9.17) is 5.73 Å². The molecule has 0 saturated heterocycles. The number of nitrogens with two attached hydrogens (primary N) is 1. The van der Waals surface area contributed by atoms with E-state index in [1.54, 1.807) is 4.90 Å². The summed E-state index contributed by atoms with van der Waals surface area (Å²) in [5.74, 6) is 2.36. The second-order valence-corrected chi connectivity index (χ2v) is 6.44. The summed E-state index contributed by atoms with van der Waals surface area (Å²) in [6.45, 7) is 2.84. The molecular weight excluding hydrogens is 252 g/mol. The van der Waals surface area contributed by atoms with Crippen LogP contribution in [-0.4, -0.2) is 34.6 Å². The number of aryl methyl sites for hydroxylation is 1. The van der Waals surface area contributed by atoms with E-state index in [1.165, 1.54) is 25.7 Å². The number of anilines is 1. The fourth-order valence-corrected chi connectivity index (χ4v) is 4.03. The van der Waals surface area contributed by atoms with E-state index in [-0.39, 0.29) is 5.91 Å². The van der Waals surface area contributed by atoms with Gasteiger partial charge in [0.15, 0.2) is 5.69 Å². The summed E-state index contributed by atoms with van der Waals surface area (Å²) in [4.78, 5) is 14.3. The molecule has 1 aromatic heterocycles. The van der Waals surface area contributed by atoms with Crippen LogP contribution in [0.25, 0.3) is 0 Å². The average Bonchev–Trinajstić information content (AvgIpc) is 3.12. The molecule has 1 amide bonds. The first-order chi connectivity index (χ1) is 9.60. The number of nitrogen functional groups attached to an aromatic ring is 1. The monoisotopic (exact) mass is 276 g/mol. The smallest absolute Gasteiger partial charge is 0.276 e. The predicted octanol–water partition coefficient (Wildman–Crippen LogP) is 2.06. The third kappa shape index (κ3) is 2.19. The number of carbonyl (C=O) groups is 1. The van der Waals surface area contributed by atoms with Crippen LogP contribution in [0.3, 0.4) is 0 Å². The number of amides is 1. The molecule has 2 bridgehead atoms. The molecule has 0 spiro atoms. The second kappa shape index (κ2) is 5.11. The molecule has 3 N–H and O–H groups in total. The second-order valence-electron chi connectivity index (χ2n) is 6.44. The molecule has 1 heterocycles. The summed E-state index contributed by atoms with van der Waals surface area (Å²) >= 11 is 0. The summed E-state index contributed by atoms with van der Waals surface area (Å²) in [5, 5.41) is 6.95. The van der Waals surface area contributed by atoms with Crippen LogP contribution in [0.15, 0.2) is 0 Å². The van der Waals surface area contributed by atoms with Crippen molar-refractivity contribution < 1.29 is 4.79 Å². The van der Waals surface area contributed by atoms with E-state index >= 15 is 0 Å². The van der Waals surface area contributed by atoms with Gasteiger partial charge in [-0.05, 0) is 43.4 Å². The van der Waals surface area contributed by atoms with E-state index < -0.39 is 0 Å². The van der Waals surface area contributed by atoms with Crippen molar-refractivity contribution in [2.75, 3.05) is 19.3 Å². The Hall–Kier alpha value is -1.52. The van der Waals surface area contributed by atoms with Crippen LogP contribution in [0.1, 0.15) is 48.8 Å². The van der Waals surface area contributed by atoms with Crippen LogP contribution in [0.2, 0.25) is 0 Å². The first-order valence-corrected chi connectivity index (χ1v) is 7.68. The number of hydrogen-bond donors (Lipinski definition) is 2. The van der Waals surface area contributed by atoms with E-state index in [9.17, 15) is 4.79 Å². The zero-order valence-electron chi connectivity index (χ0n) is 12.4. The highest BCUT2D eigenvalue weighted by Crippen LogP contribution is 2.48. The SMILES string of the molecule is CCc1[nH]nc(C(=O)N(C)CC2CC3CCC2C3)c1N. The van der Waals surface area contributed by atoms with Crippen molar-refractivity contribution in [3.8, 4) is 0 Å². The van der Waals surface area contributed by atoms with Crippen LogP contribution in [0.4, 0.5) is 5.69 Å². The number of nitrogens with zero attached hydrogens (tertiary/aromatic N) is 2. The lowest BCUT2D eigenvalue weighted by molar-refractivity contribution is 0.0749. The van der Waals surface area contributed by atoms with Gasteiger partial charge in [-0.15, -0.1) is 0 Å². The van der Waals surface area contributed by atoms with Gasteiger partial charge in [-0.2, -0.15) is 5.10 Å². The Labute approximate surface area is 119 Å². The molecule has 1 aromatic rings. The molecule has 110 valence electrons. The molecule has 2 aliphatic rings. The van der Waals surface area contributed by atoms with Crippen molar-refractivity contribution in [3.05, 3.63) is 11.4 Å². The number of H-pyrrole nitrogens is 1. The highest BCUT2D eigenvalue weighted by Gasteiger charge is 2.40. The predicted molar refractivity (Wildman–Crippen MR) is 78.3 cm³/mol. The summed E-state index contributed by atoms with van der Waals surface area (Å²) in [7, 11) is 1.87. The normalized spacial score (nSPS) is 28.0. The molecular formula is C15H24N4O. The fraction of sp³-hybridized carbons (Fsp3) is 0.733. The third-order valence-electron chi connectivity index (χ3n) is 5.18. The molecule has 2 fully saturated rings. The van der Waals surface area contributed by atoms with Crippen LogP contribution in [0.5, 0.6) is 0 Å². The van der Waals surface area contributed by atoms with E-state index in [1.807, 2.05) is 14.0 Å². The van der Waals surface area contributed by atoms with Crippen LogP contribution < -0.4 is 5.73 Å². The lowest BCUT2D eigenvalue weighted by atomic mass is 9.88. The fourth-order valence-electron chi connectivity index (χ4n) is 4.03. The number of fused-ring (bicyclic) bond motifs is 2. The highest BCUT2D eigenvalue weighted by molar-refractivity contribution is 5.97. The van der Waals surface area contributed by atoms with Crippen LogP contribution >= 0.6 is 0 Å². The van der Waals surface area contributed by atoms with E-state index in [0.717, 1.165) is 30.5 Å². The van der Waals surface area contributed by atoms with Crippen molar-refractivity contribution in [2.24, 2.45) is 17.8 Å². The zero-order chi connectivity index (χ0) is 14.3. The summed E-state index contributed by atoms with van der Waals surface area (Å²) < 4.78 is 0. The van der Waals surface area contributed by atoms with Gasteiger partial charge in [0.1, 0.15) is 0 Å². The molecule has 2 aliphatic carbocycles. The Bertz CT molecular complexity index is 510. The number of rotatable bonds is 4. The molecule has 5 heteroatoms. The summed E-state index contributed by atoms with van der Waals surface area (Å²) in [5.41, 5.74) is 7.72. The lowest BCUT2D eigenvalue weighted by Gasteiger charge is -2.26. The van der Waals surface area contributed by atoms with Gasteiger partial charge >= 0.3 is 0 Å². The quantitative estimate of drug-likeness (QED) is 0.884. The van der Waals surface area contributed by atoms with Gasteiger partial charge in [0.2, 0.25) is 0 Å². The summed E-state index contributed by atoms with van der Waals surface area (Å²) in [6.07, 6.45) is 6.17. The molecule has 2 saturated carbocycles. The summed E-state index contributed by atoms with van der Waals surface area (Å²) in [6, 6.07) is 0. The molecule has 20 heavy (non-hydrogen) atoms. The third-order valence-corrected chi connectivity index (χ3v) is 5.18. The minimum Gasteiger partial charge on any atom is -0.395 e. The minimum absolute atomic E-state index is 0.0544. The van der Waals surface area contributed by atoms with Gasteiger partial charge in [-0.25, -0.2) is 0 Å². The van der Waals surface area contributed by atoms with Gasteiger partial charge in [0.25, 0.3) is 5.91 Å². The van der Waals surface area contributed by atoms with Gasteiger partial charge in [0, 0.05) is 13.6 Å². The number of nitrogens with one attached hydrogen (secondary N) is 1. The Kier molecular flexibility index (Phi) is 3.44. The largest absolute Gasteiger partial charge is 0.395 e. The number of aromatic nitrogens is 2. The number of hydrogen-bond acceptors (Lipinski definition) is 3. The highest BCUT2D eigenvalue weighted by atomic mass is 16.2. The molecule has 0 aliphatic heterocycles. The Morgan fingerprint density at radius 2 is 2.25 bits per heavy atom. The van der Waals surface area contributed by atoms with Gasteiger partial charge in [-0.1, -0.05) is 13.3 Å². The minimum atomic E-state index is -0.0544. The lowest BCUT2D eigenvalue weighted by Crippen LogP contribution is -2.34. The van der Waals surface area contributed by atoms with Crippen molar-refractivity contribution in [1.82, 2.24) is 15.1 Å². The Morgan fingerprint density at radius 3 is 2.80 bits per heavy atom. The number of aromatic amines is 1. The van der Waals surface area contributed by atoms with Crippen molar-refractivity contribution in [2.45, 2.75) is 39.0 Å². The van der Waals surface area contributed by atoms with Crippen LogP contribution in [0, 0.1) is 17.8 Å². The Balaban J connectivity index is 1.66. The van der Waals surface area contributed by atoms with Gasteiger partial charge < -0.3 is 10.6 Å². The van der Waals surface area contributed by atoms with Crippen molar-refractivity contribution in [3.63, 3.8) is 0 Å². The Morgan fingerprint density at radius 1 is 1.45 bits per heavy atom. The molecule has 3 atom stereocenters. The van der Waals surface area contributed by atoms with Crippen molar-refractivity contribution >= 4 is 11.6 Å². The molecule has 0 radical (unpaired) electrons. The molecule has 0 aromatic carbocycles. The van der Waals surface area contributed by atoms with E-state index in [2.05, 4.69) is 10.2 Å². The molecule has 3 rings (SSSR count).